The molecule has 8 amide bonds. The first kappa shape index (κ1) is 56.1. The third kappa shape index (κ3) is 21.9. The molecule has 0 spiro atoms. The van der Waals surface area contributed by atoms with Gasteiger partial charge in [-0.3, -0.25) is 43.2 Å². The Morgan fingerprint density at radius 2 is 0.967 bits per heavy atom. The Hall–Kier alpha value is -4.93. The summed E-state index contributed by atoms with van der Waals surface area (Å²) in [6, 6.07) is -10.0. The second-order valence-corrected chi connectivity index (χ2v) is 15.9. The van der Waals surface area contributed by atoms with E-state index in [1.165, 1.54) is 20.8 Å². The van der Waals surface area contributed by atoms with Crippen molar-refractivity contribution >= 4 is 53.2 Å². The minimum absolute atomic E-state index is 0.0167. The van der Waals surface area contributed by atoms with E-state index in [9.17, 15) is 53.4 Å². The fourth-order valence-electron chi connectivity index (χ4n) is 5.92. The topological polar surface area (TPSA) is 382 Å². The van der Waals surface area contributed by atoms with Crippen molar-refractivity contribution in [3.8, 4) is 0 Å². The molecule has 0 aromatic heterocycles. The normalized spacial score (nSPS) is 16.1. The van der Waals surface area contributed by atoms with E-state index in [1.807, 2.05) is 6.92 Å². The number of primary amides is 1. The van der Waals surface area contributed by atoms with Crippen LogP contribution in [-0.4, -0.2) is 131 Å². The van der Waals surface area contributed by atoms with Crippen LogP contribution in [0.1, 0.15) is 113 Å². The average Bonchev–Trinajstić information content (AvgIpc) is 3.17. The molecule has 61 heavy (non-hydrogen) atoms. The van der Waals surface area contributed by atoms with E-state index in [2.05, 4.69) is 37.2 Å². The van der Waals surface area contributed by atoms with E-state index < -0.39 is 121 Å². The van der Waals surface area contributed by atoms with Crippen LogP contribution in [-0.2, 0) is 43.2 Å². The first-order valence-corrected chi connectivity index (χ1v) is 21.0. The Balaban J connectivity index is 6.46. The van der Waals surface area contributed by atoms with Crippen molar-refractivity contribution in [2.75, 3.05) is 13.1 Å². The number of amides is 8. The zero-order valence-corrected chi connectivity index (χ0v) is 36.7. The molecular weight excluding hydrogens is 798 g/mol. The first-order valence-electron chi connectivity index (χ1n) is 21.0. The highest BCUT2D eigenvalue weighted by atomic mass is 16.4. The number of carbonyl (C=O) groups is 9. The summed E-state index contributed by atoms with van der Waals surface area (Å²) in [5.74, 6) is -8.21. The highest BCUT2D eigenvalue weighted by Gasteiger charge is 2.35. The van der Waals surface area contributed by atoms with E-state index in [-0.39, 0.29) is 44.2 Å². The van der Waals surface area contributed by atoms with E-state index in [0.717, 1.165) is 0 Å². The molecular formula is C39H73N11O11. The number of nitrogens with one attached hydrogen (secondary N) is 7. The van der Waals surface area contributed by atoms with Gasteiger partial charge in [0.1, 0.15) is 42.3 Å². The summed E-state index contributed by atoms with van der Waals surface area (Å²) in [7, 11) is 0. The van der Waals surface area contributed by atoms with Gasteiger partial charge in [-0.05, 0) is 97.1 Å². The van der Waals surface area contributed by atoms with Crippen LogP contribution in [0.2, 0.25) is 0 Å². The molecule has 0 aliphatic carbocycles. The molecule has 0 aromatic rings. The highest BCUT2D eigenvalue weighted by molar-refractivity contribution is 5.97. The quantitative estimate of drug-likeness (QED) is 0.0306. The number of rotatable bonds is 31. The Labute approximate surface area is 358 Å². The number of aliphatic hydroxyl groups excluding tert-OH is 1. The summed E-state index contributed by atoms with van der Waals surface area (Å²) in [5.41, 5.74) is 22.4. The fraction of sp³-hybridized carbons (Fsp3) is 0.769. The molecule has 0 aromatic carbocycles. The van der Waals surface area contributed by atoms with E-state index in [0.29, 0.717) is 32.1 Å². The number of carbonyl (C=O) groups excluding carboxylic acids is 8. The van der Waals surface area contributed by atoms with E-state index >= 15 is 0 Å². The predicted molar refractivity (Wildman–Crippen MR) is 225 cm³/mol. The molecule has 0 rings (SSSR count). The molecule has 10 atom stereocenters. The molecule has 17 N–H and O–H groups in total. The van der Waals surface area contributed by atoms with Crippen molar-refractivity contribution in [1.29, 1.82) is 0 Å². The molecule has 22 heteroatoms. The van der Waals surface area contributed by atoms with Crippen molar-refractivity contribution in [2.24, 2.45) is 34.8 Å². The largest absolute Gasteiger partial charge is 0.481 e. The van der Waals surface area contributed by atoms with Crippen LogP contribution >= 0.6 is 0 Å². The van der Waals surface area contributed by atoms with Gasteiger partial charge in [-0.15, -0.1) is 0 Å². The number of carboxylic acids is 1. The van der Waals surface area contributed by atoms with Gasteiger partial charge in [0.05, 0.1) is 12.1 Å². The van der Waals surface area contributed by atoms with Crippen LogP contribution in [0.3, 0.4) is 0 Å². The second kappa shape index (κ2) is 29.3. The molecule has 0 aliphatic heterocycles. The Bertz CT molecular complexity index is 1460. The Morgan fingerprint density at radius 1 is 0.541 bits per heavy atom. The standard InChI is InChI=1S/C39H73N11O11/c1-8-21(4)30(32(43)54)49-34(56)23(6)44-35(57)25(13-9-11-17-40)45-37(59)27(15-16-29(52)53)47-36(58)26(14-10-12-18-41)46-38(60)28(19-20(2)3)48-39(61)31(24(7)51)50-33(55)22(5)42/h20-28,30-31,51H,8-19,40-42H2,1-7H3,(H2,43,54)(H,44,57)(H,45,59)(H,46,60)(H,47,58)(H,48,61)(H,49,56)(H,50,55)(H,52,53)/t21-,22-,23-,24+,25-,26-,27-,28-,30-,31-/m0/s1. The number of carboxylic acid groups (broad SMARTS) is 1. The summed E-state index contributed by atoms with van der Waals surface area (Å²) in [5, 5.41) is 37.3. The zero-order valence-electron chi connectivity index (χ0n) is 36.7. The van der Waals surface area contributed by atoms with Crippen LogP contribution < -0.4 is 60.2 Å². The number of aliphatic hydroxyl groups is 1. The molecule has 0 bridgehead atoms. The van der Waals surface area contributed by atoms with Crippen molar-refractivity contribution in [3.05, 3.63) is 0 Å². The average molecular weight is 872 g/mol. The van der Waals surface area contributed by atoms with Crippen LogP contribution in [0.5, 0.6) is 0 Å². The van der Waals surface area contributed by atoms with Gasteiger partial charge in [-0.2, -0.15) is 0 Å². The summed E-state index contributed by atoms with van der Waals surface area (Å²) in [4.78, 5) is 117. The maximum Gasteiger partial charge on any atom is 0.303 e. The van der Waals surface area contributed by atoms with Crippen molar-refractivity contribution in [3.63, 3.8) is 0 Å². The van der Waals surface area contributed by atoms with Gasteiger partial charge >= 0.3 is 5.97 Å². The van der Waals surface area contributed by atoms with Crippen LogP contribution in [0, 0.1) is 11.8 Å². The van der Waals surface area contributed by atoms with E-state index in [1.54, 1.807) is 20.8 Å². The number of hydrogen-bond acceptors (Lipinski definition) is 13. The maximum atomic E-state index is 13.9. The lowest BCUT2D eigenvalue weighted by molar-refractivity contribution is -0.139. The van der Waals surface area contributed by atoms with Crippen LogP contribution in [0.4, 0.5) is 0 Å². The first-order chi connectivity index (χ1) is 28.5. The predicted octanol–water partition coefficient (Wildman–Crippen LogP) is -3.17. The number of aliphatic carboxylic acids is 1. The minimum Gasteiger partial charge on any atom is -0.481 e. The molecule has 0 heterocycles. The van der Waals surface area contributed by atoms with Crippen LogP contribution in [0.15, 0.2) is 0 Å². The summed E-state index contributed by atoms with van der Waals surface area (Å²) >= 11 is 0. The smallest absolute Gasteiger partial charge is 0.303 e. The fourth-order valence-corrected chi connectivity index (χ4v) is 5.92. The van der Waals surface area contributed by atoms with Gasteiger partial charge in [0, 0.05) is 6.42 Å². The zero-order chi connectivity index (χ0) is 47.0. The lowest BCUT2D eigenvalue weighted by Gasteiger charge is -2.28. The van der Waals surface area contributed by atoms with Gasteiger partial charge in [0.2, 0.25) is 47.3 Å². The molecule has 0 aliphatic rings. The monoisotopic (exact) mass is 872 g/mol. The van der Waals surface area contributed by atoms with Gasteiger partial charge in [-0.25, -0.2) is 0 Å². The molecule has 350 valence electrons. The molecule has 22 nitrogen and oxygen atoms in total. The minimum atomic E-state index is -1.53. The highest BCUT2D eigenvalue weighted by Crippen LogP contribution is 2.11. The van der Waals surface area contributed by atoms with Gasteiger partial charge in [0.25, 0.3) is 0 Å². The lowest BCUT2D eigenvalue weighted by atomic mass is 9.98. The molecule has 0 unspecified atom stereocenters. The Kier molecular flexibility index (Phi) is 27.0. The number of hydrogen-bond donors (Lipinski definition) is 13. The summed E-state index contributed by atoms with van der Waals surface area (Å²) in [6.07, 6.45) is -0.0972. The SMILES string of the molecule is CC[C@H](C)[C@H](NC(=O)[C@H](C)NC(=O)[C@H](CCCCN)NC(=O)[C@H](CCC(=O)O)NC(=O)[C@H](CCCCN)NC(=O)[C@H](CC(C)C)NC(=O)[C@@H](NC(=O)[C@H](C)N)[C@@H](C)O)C(N)=O. The molecule has 0 saturated heterocycles. The molecule has 0 radical (unpaired) electrons. The van der Waals surface area contributed by atoms with Gasteiger partial charge in [-0.1, -0.05) is 34.1 Å². The van der Waals surface area contributed by atoms with Crippen molar-refractivity contribution in [2.45, 2.75) is 167 Å². The molecule has 0 saturated carbocycles. The van der Waals surface area contributed by atoms with E-state index in [4.69, 9.17) is 22.9 Å². The maximum absolute atomic E-state index is 13.9. The van der Waals surface area contributed by atoms with Crippen LogP contribution in [0.25, 0.3) is 0 Å². The lowest BCUT2D eigenvalue weighted by Crippen LogP contribution is -2.61. The van der Waals surface area contributed by atoms with Crippen molar-refractivity contribution in [1.82, 2.24) is 37.2 Å². The summed E-state index contributed by atoms with van der Waals surface area (Å²) < 4.78 is 0. The number of nitrogens with two attached hydrogens (primary N) is 4. The summed E-state index contributed by atoms with van der Waals surface area (Å²) in [6.45, 7) is 11.6. The van der Waals surface area contributed by atoms with Gasteiger partial charge < -0.3 is 70.4 Å². The third-order valence-corrected chi connectivity index (χ3v) is 9.83. The molecule has 0 fully saturated rings. The van der Waals surface area contributed by atoms with Gasteiger partial charge in [0.15, 0.2) is 0 Å². The third-order valence-electron chi connectivity index (χ3n) is 9.83. The van der Waals surface area contributed by atoms with Crippen molar-refractivity contribution < 1.29 is 53.4 Å². The Morgan fingerprint density at radius 3 is 1.36 bits per heavy atom. The second-order valence-electron chi connectivity index (χ2n) is 15.9. The number of unbranched alkanes of at least 4 members (excludes halogenated alkanes) is 2.